The predicted molar refractivity (Wildman–Crippen MR) is 93.1 cm³/mol. The molecule has 3 rings (SSSR count). The van der Waals surface area contributed by atoms with E-state index >= 15 is 0 Å². The molecule has 0 fully saturated rings. The zero-order chi connectivity index (χ0) is 14.8. The van der Waals surface area contributed by atoms with Gasteiger partial charge in [-0.3, -0.25) is 4.90 Å². The van der Waals surface area contributed by atoms with Gasteiger partial charge in [0.1, 0.15) is 0 Å². The van der Waals surface area contributed by atoms with Gasteiger partial charge in [-0.25, -0.2) is 0 Å². The number of hydrogen-bond acceptors (Lipinski definition) is 4. The first-order chi connectivity index (χ1) is 10.1. The zero-order valence-electron chi connectivity index (χ0n) is 13.1. The van der Waals surface area contributed by atoms with Gasteiger partial charge in [-0.15, -0.1) is 22.7 Å². The maximum atomic E-state index is 3.50. The molecule has 0 amide bonds. The second-order valence-electron chi connectivity index (χ2n) is 6.10. The lowest BCUT2D eigenvalue weighted by Gasteiger charge is -2.33. The third-order valence-corrected chi connectivity index (χ3v) is 6.23. The van der Waals surface area contributed by atoms with Gasteiger partial charge in [0.2, 0.25) is 0 Å². The molecule has 0 saturated heterocycles. The van der Waals surface area contributed by atoms with E-state index in [2.05, 4.69) is 54.6 Å². The van der Waals surface area contributed by atoms with Gasteiger partial charge in [0.25, 0.3) is 0 Å². The number of hydrogen-bond donors (Lipinski definition) is 1. The first-order valence-electron chi connectivity index (χ1n) is 7.75. The van der Waals surface area contributed by atoms with Gasteiger partial charge in [-0.2, -0.15) is 0 Å². The van der Waals surface area contributed by atoms with Crippen LogP contribution >= 0.6 is 22.7 Å². The summed E-state index contributed by atoms with van der Waals surface area (Å²) in [7, 11) is 0. The highest BCUT2D eigenvalue weighted by Gasteiger charge is 2.24. The third kappa shape index (κ3) is 3.57. The predicted octanol–water partition coefficient (Wildman–Crippen LogP) is 4.43. The van der Waals surface area contributed by atoms with E-state index in [1.807, 2.05) is 22.7 Å². The van der Waals surface area contributed by atoms with E-state index in [-0.39, 0.29) is 0 Å². The highest BCUT2D eigenvalue weighted by Crippen LogP contribution is 2.34. The van der Waals surface area contributed by atoms with Crippen LogP contribution in [0.15, 0.2) is 23.6 Å². The van der Waals surface area contributed by atoms with E-state index in [4.69, 9.17) is 0 Å². The van der Waals surface area contributed by atoms with E-state index in [0.29, 0.717) is 12.1 Å². The quantitative estimate of drug-likeness (QED) is 0.877. The molecule has 1 N–H and O–H groups in total. The summed E-state index contributed by atoms with van der Waals surface area (Å²) in [6, 6.07) is 8.00. The monoisotopic (exact) mass is 320 g/mol. The fraction of sp³-hybridized carbons (Fsp3) is 0.529. The molecule has 2 nitrogen and oxygen atoms in total. The number of nitrogens with one attached hydrogen (secondary N) is 1. The van der Waals surface area contributed by atoms with Crippen molar-refractivity contribution in [3.63, 3.8) is 0 Å². The molecular weight excluding hydrogens is 296 g/mol. The highest BCUT2D eigenvalue weighted by molar-refractivity contribution is 7.12. The van der Waals surface area contributed by atoms with E-state index < -0.39 is 0 Å². The van der Waals surface area contributed by atoms with Crippen LogP contribution in [0.5, 0.6) is 0 Å². The van der Waals surface area contributed by atoms with E-state index in [1.54, 1.807) is 10.4 Å². The standard InChI is InChI=1S/C17H24N2S2/c1-12(2)18-10-14-4-5-15(21-14)11-19-8-6-17-16(13(19)3)7-9-20-17/h4-5,7,9,12-13,18H,6,8,10-11H2,1-3H3. The smallest absolute Gasteiger partial charge is 0.0334 e. The number of thiophene rings is 2. The average molecular weight is 321 g/mol. The minimum absolute atomic E-state index is 0.551. The topological polar surface area (TPSA) is 15.3 Å². The largest absolute Gasteiger partial charge is 0.310 e. The number of nitrogens with zero attached hydrogens (tertiary/aromatic N) is 1. The van der Waals surface area contributed by atoms with Gasteiger partial charge in [-0.05, 0) is 42.5 Å². The molecule has 0 aliphatic carbocycles. The second-order valence-corrected chi connectivity index (χ2v) is 8.35. The molecule has 3 heterocycles. The lowest BCUT2D eigenvalue weighted by molar-refractivity contribution is 0.193. The Balaban J connectivity index is 1.62. The molecule has 0 bridgehead atoms. The van der Waals surface area contributed by atoms with Crippen molar-refractivity contribution in [3.8, 4) is 0 Å². The molecule has 21 heavy (non-hydrogen) atoms. The molecule has 114 valence electrons. The Morgan fingerprint density at radius 2 is 2.10 bits per heavy atom. The van der Waals surface area contributed by atoms with Crippen molar-refractivity contribution in [2.45, 2.75) is 52.4 Å². The minimum atomic E-state index is 0.551. The molecule has 1 atom stereocenters. The van der Waals surface area contributed by atoms with Crippen LogP contribution in [0.1, 0.15) is 47.0 Å². The number of rotatable bonds is 5. The van der Waals surface area contributed by atoms with E-state index in [9.17, 15) is 0 Å². The van der Waals surface area contributed by atoms with Gasteiger partial charge in [0.05, 0.1) is 0 Å². The minimum Gasteiger partial charge on any atom is -0.310 e. The van der Waals surface area contributed by atoms with Crippen LogP contribution in [-0.2, 0) is 19.5 Å². The van der Waals surface area contributed by atoms with Crippen LogP contribution in [0.4, 0.5) is 0 Å². The van der Waals surface area contributed by atoms with Crippen LogP contribution in [0, 0.1) is 0 Å². The van der Waals surface area contributed by atoms with Gasteiger partial charge < -0.3 is 5.32 Å². The summed E-state index contributed by atoms with van der Waals surface area (Å²) in [5.74, 6) is 0. The van der Waals surface area contributed by atoms with Crippen LogP contribution < -0.4 is 5.32 Å². The molecule has 1 aliphatic heterocycles. The van der Waals surface area contributed by atoms with Crippen molar-refractivity contribution < 1.29 is 0 Å². The fourth-order valence-electron chi connectivity index (χ4n) is 2.88. The normalized spacial score (nSPS) is 19.1. The number of fused-ring (bicyclic) bond motifs is 1. The van der Waals surface area contributed by atoms with Gasteiger partial charge >= 0.3 is 0 Å². The highest BCUT2D eigenvalue weighted by atomic mass is 32.1. The lowest BCUT2D eigenvalue weighted by Crippen LogP contribution is -2.32. The summed E-state index contributed by atoms with van der Waals surface area (Å²) in [6.45, 7) is 10.0. The summed E-state index contributed by atoms with van der Waals surface area (Å²) in [6.07, 6.45) is 1.21. The van der Waals surface area contributed by atoms with E-state index in [1.165, 1.54) is 22.7 Å². The maximum Gasteiger partial charge on any atom is 0.0334 e. The van der Waals surface area contributed by atoms with Gasteiger partial charge in [0.15, 0.2) is 0 Å². The van der Waals surface area contributed by atoms with Crippen LogP contribution in [-0.4, -0.2) is 17.5 Å². The SMILES string of the molecule is CC(C)NCc1ccc(CN2CCc3sccc3C2C)s1. The van der Waals surface area contributed by atoms with Gasteiger partial charge in [0, 0.05) is 46.3 Å². The summed E-state index contributed by atoms with van der Waals surface area (Å²) in [4.78, 5) is 7.13. The molecule has 4 heteroatoms. The molecular formula is C17H24N2S2. The van der Waals surface area contributed by atoms with Crippen molar-refractivity contribution in [2.24, 2.45) is 0 Å². The van der Waals surface area contributed by atoms with Crippen LogP contribution in [0.3, 0.4) is 0 Å². The molecule has 2 aromatic rings. The van der Waals surface area contributed by atoms with Crippen molar-refractivity contribution in [1.29, 1.82) is 0 Å². The second kappa shape index (κ2) is 6.61. The van der Waals surface area contributed by atoms with Gasteiger partial charge in [-0.1, -0.05) is 13.8 Å². The Labute approximate surface area is 135 Å². The van der Waals surface area contributed by atoms with Crippen molar-refractivity contribution in [1.82, 2.24) is 10.2 Å². The molecule has 0 radical (unpaired) electrons. The molecule has 1 aliphatic rings. The third-order valence-electron chi connectivity index (χ3n) is 4.16. The molecule has 0 spiro atoms. The first kappa shape index (κ1) is 15.2. The van der Waals surface area contributed by atoms with Crippen LogP contribution in [0.25, 0.3) is 0 Å². The molecule has 1 unspecified atom stereocenters. The maximum absolute atomic E-state index is 3.50. The molecule has 0 aromatic carbocycles. The average Bonchev–Trinajstić information content (AvgIpc) is 3.09. The van der Waals surface area contributed by atoms with Crippen LogP contribution in [0.2, 0.25) is 0 Å². The Morgan fingerprint density at radius 1 is 1.29 bits per heavy atom. The van der Waals surface area contributed by atoms with Crippen molar-refractivity contribution in [2.75, 3.05) is 6.54 Å². The summed E-state index contributed by atoms with van der Waals surface area (Å²) < 4.78 is 0. The summed E-state index contributed by atoms with van der Waals surface area (Å²) in [5, 5.41) is 5.74. The molecule has 2 aromatic heterocycles. The first-order valence-corrected chi connectivity index (χ1v) is 9.44. The Hall–Kier alpha value is -0.680. The van der Waals surface area contributed by atoms with E-state index in [0.717, 1.165) is 13.1 Å². The Kier molecular flexibility index (Phi) is 4.79. The van der Waals surface area contributed by atoms with Crippen molar-refractivity contribution >= 4 is 22.7 Å². The van der Waals surface area contributed by atoms with Crippen molar-refractivity contribution in [3.05, 3.63) is 43.8 Å². The summed E-state index contributed by atoms with van der Waals surface area (Å²) >= 11 is 3.87. The Morgan fingerprint density at radius 3 is 2.90 bits per heavy atom. The fourth-order valence-corrected chi connectivity index (χ4v) is 4.84. The summed E-state index contributed by atoms with van der Waals surface area (Å²) in [5.41, 5.74) is 1.55. The zero-order valence-corrected chi connectivity index (χ0v) is 14.7. The molecule has 0 saturated carbocycles. The Bertz CT molecular complexity index is 585. The lowest BCUT2D eigenvalue weighted by atomic mass is 10.0.